The molecule has 2 atom stereocenters. The first-order valence-electron chi connectivity index (χ1n) is 7.04. The molecule has 0 aromatic carbocycles. The maximum atomic E-state index is 12.6. The monoisotopic (exact) mass is 317 g/mol. The topological polar surface area (TPSA) is 57.6 Å². The van der Waals surface area contributed by atoms with E-state index in [4.69, 9.17) is 0 Å². The minimum atomic E-state index is -3.44. The van der Waals surface area contributed by atoms with Crippen LogP contribution in [0.4, 0.5) is 0 Å². The van der Waals surface area contributed by atoms with Gasteiger partial charge in [-0.25, -0.2) is 12.7 Å². The van der Waals surface area contributed by atoms with E-state index in [0.717, 1.165) is 35.4 Å². The fourth-order valence-electron chi connectivity index (χ4n) is 2.86. The molecule has 1 saturated carbocycles. The maximum absolute atomic E-state index is 12.6. The Morgan fingerprint density at radius 1 is 1.35 bits per heavy atom. The quantitative estimate of drug-likeness (QED) is 0.928. The first kappa shape index (κ1) is 15.9. The Kier molecular flexibility index (Phi) is 4.89. The van der Waals surface area contributed by atoms with Gasteiger partial charge in [0.2, 0.25) is 10.0 Å². The van der Waals surface area contributed by atoms with E-state index in [2.05, 4.69) is 0 Å². The van der Waals surface area contributed by atoms with Crippen molar-refractivity contribution < 1.29 is 13.5 Å². The Hall–Kier alpha value is -0.430. The van der Waals surface area contributed by atoms with Crippen molar-refractivity contribution in [2.75, 3.05) is 13.6 Å². The van der Waals surface area contributed by atoms with Gasteiger partial charge < -0.3 is 5.11 Å². The molecule has 0 aliphatic heterocycles. The molecule has 114 valence electrons. The Morgan fingerprint density at radius 3 is 2.55 bits per heavy atom. The fraction of sp³-hybridized carbons (Fsp3) is 0.714. The van der Waals surface area contributed by atoms with Crippen LogP contribution >= 0.6 is 11.3 Å². The molecule has 1 aromatic heterocycles. The Balaban J connectivity index is 2.15. The second-order valence-corrected chi connectivity index (χ2v) is 9.15. The molecule has 1 N–H and O–H groups in total. The predicted molar refractivity (Wildman–Crippen MR) is 81.6 cm³/mol. The molecule has 0 saturated heterocycles. The first-order chi connectivity index (χ1) is 9.32. The van der Waals surface area contributed by atoms with Crippen LogP contribution in [0, 0.1) is 19.8 Å². The molecule has 2 unspecified atom stereocenters. The van der Waals surface area contributed by atoms with Crippen LogP contribution in [0.25, 0.3) is 0 Å². The zero-order valence-electron chi connectivity index (χ0n) is 12.3. The van der Waals surface area contributed by atoms with Gasteiger partial charge in [0.25, 0.3) is 0 Å². The van der Waals surface area contributed by atoms with E-state index in [1.54, 1.807) is 13.1 Å². The van der Waals surface area contributed by atoms with E-state index in [-0.39, 0.29) is 12.0 Å². The highest BCUT2D eigenvalue weighted by Gasteiger charge is 2.30. The van der Waals surface area contributed by atoms with Crippen LogP contribution in [0.3, 0.4) is 0 Å². The molecule has 1 fully saturated rings. The molecule has 0 bridgehead atoms. The Bertz CT molecular complexity index is 565. The molecule has 0 radical (unpaired) electrons. The van der Waals surface area contributed by atoms with E-state index in [1.165, 1.54) is 15.6 Å². The molecular formula is C14H23NO3S2. The van der Waals surface area contributed by atoms with Crippen LogP contribution in [0.15, 0.2) is 11.0 Å². The molecule has 4 nitrogen and oxygen atoms in total. The molecule has 1 heterocycles. The predicted octanol–water partition coefficient (Wildman–Crippen LogP) is 2.54. The number of aryl methyl sites for hydroxylation is 2. The standard InChI is InChI=1S/C14H23NO3S2/c1-10-8-14(11(2)19-10)20(17,18)15(3)9-12-6-4-5-7-13(12)16/h8,12-13,16H,4-7,9H2,1-3H3. The van der Waals surface area contributed by atoms with Crippen molar-refractivity contribution in [3.8, 4) is 0 Å². The molecule has 2 rings (SSSR count). The van der Waals surface area contributed by atoms with Crippen molar-refractivity contribution in [2.24, 2.45) is 5.92 Å². The van der Waals surface area contributed by atoms with E-state index in [0.29, 0.717) is 11.4 Å². The van der Waals surface area contributed by atoms with Crippen molar-refractivity contribution in [3.05, 3.63) is 15.8 Å². The van der Waals surface area contributed by atoms with E-state index < -0.39 is 10.0 Å². The summed E-state index contributed by atoms with van der Waals surface area (Å²) < 4.78 is 26.6. The largest absolute Gasteiger partial charge is 0.393 e. The van der Waals surface area contributed by atoms with Gasteiger partial charge in [0.05, 0.1) is 11.0 Å². The van der Waals surface area contributed by atoms with Crippen molar-refractivity contribution >= 4 is 21.4 Å². The lowest BCUT2D eigenvalue weighted by molar-refractivity contribution is 0.0620. The number of nitrogens with zero attached hydrogens (tertiary/aromatic N) is 1. The van der Waals surface area contributed by atoms with Gasteiger partial charge >= 0.3 is 0 Å². The van der Waals surface area contributed by atoms with E-state index >= 15 is 0 Å². The summed E-state index contributed by atoms with van der Waals surface area (Å²) in [5, 5.41) is 9.99. The van der Waals surface area contributed by atoms with Crippen LogP contribution in [0.1, 0.15) is 35.4 Å². The molecule has 1 aromatic rings. The smallest absolute Gasteiger partial charge is 0.243 e. The SMILES string of the molecule is Cc1cc(S(=O)(=O)N(C)CC2CCCCC2O)c(C)s1. The Morgan fingerprint density at radius 2 is 2.00 bits per heavy atom. The summed E-state index contributed by atoms with van der Waals surface area (Å²) in [6.45, 7) is 4.16. The third kappa shape index (κ3) is 3.24. The van der Waals surface area contributed by atoms with Crippen LogP contribution in [0.2, 0.25) is 0 Å². The lowest BCUT2D eigenvalue weighted by Crippen LogP contribution is -2.38. The summed E-state index contributed by atoms with van der Waals surface area (Å²) in [6, 6.07) is 1.74. The van der Waals surface area contributed by atoms with Crippen LogP contribution in [0.5, 0.6) is 0 Å². The number of hydrogen-bond donors (Lipinski definition) is 1. The molecule has 1 aliphatic carbocycles. The summed E-state index contributed by atoms with van der Waals surface area (Å²) in [7, 11) is -1.82. The van der Waals surface area contributed by atoms with Gasteiger partial charge in [0, 0.05) is 23.3 Å². The minimum Gasteiger partial charge on any atom is -0.393 e. The number of aliphatic hydroxyl groups is 1. The summed E-state index contributed by atoms with van der Waals surface area (Å²) in [6.07, 6.45) is 3.44. The molecule has 0 amide bonds. The van der Waals surface area contributed by atoms with Crippen molar-refractivity contribution in [3.63, 3.8) is 0 Å². The highest BCUT2D eigenvalue weighted by Crippen LogP contribution is 2.30. The third-order valence-corrected chi connectivity index (χ3v) is 7.09. The lowest BCUT2D eigenvalue weighted by Gasteiger charge is -2.30. The molecule has 20 heavy (non-hydrogen) atoms. The van der Waals surface area contributed by atoms with Gasteiger partial charge in [-0.2, -0.15) is 0 Å². The van der Waals surface area contributed by atoms with Crippen molar-refractivity contribution in [1.29, 1.82) is 0 Å². The van der Waals surface area contributed by atoms with Crippen LogP contribution in [-0.2, 0) is 10.0 Å². The number of hydrogen-bond acceptors (Lipinski definition) is 4. The third-order valence-electron chi connectivity index (χ3n) is 4.04. The van der Waals surface area contributed by atoms with Gasteiger partial charge in [-0.15, -0.1) is 11.3 Å². The average molecular weight is 317 g/mol. The van der Waals surface area contributed by atoms with E-state index in [9.17, 15) is 13.5 Å². The second kappa shape index (κ2) is 6.13. The zero-order valence-corrected chi connectivity index (χ0v) is 13.9. The number of thiophene rings is 1. The number of sulfonamides is 1. The van der Waals surface area contributed by atoms with Gasteiger partial charge in [-0.05, 0) is 38.7 Å². The lowest BCUT2D eigenvalue weighted by atomic mass is 9.86. The van der Waals surface area contributed by atoms with Crippen molar-refractivity contribution in [1.82, 2.24) is 4.31 Å². The number of rotatable bonds is 4. The summed E-state index contributed by atoms with van der Waals surface area (Å²) in [5.74, 6) is 0.0589. The highest BCUT2D eigenvalue weighted by molar-refractivity contribution is 7.89. The van der Waals surface area contributed by atoms with Crippen LogP contribution < -0.4 is 0 Å². The molecule has 1 aliphatic rings. The molecule has 0 spiro atoms. The fourth-order valence-corrected chi connectivity index (χ4v) is 5.61. The van der Waals surface area contributed by atoms with Crippen LogP contribution in [-0.4, -0.2) is 37.5 Å². The first-order valence-corrected chi connectivity index (χ1v) is 9.29. The second-order valence-electron chi connectivity index (χ2n) is 5.67. The highest BCUT2D eigenvalue weighted by atomic mass is 32.2. The van der Waals surface area contributed by atoms with Gasteiger partial charge in [0.1, 0.15) is 0 Å². The maximum Gasteiger partial charge on any atom is 0.243 e. The number of aliphatic hydroxyl groups excluding tert-OH is 1. The summed E-state index contributed by atoms with van der Waals surface area (Å²) >= 11 is 1.50. The average Bonchev–Trinajstić information content (AvgIpc) is 2.72. The minimum absolute atomic E-state index is 0.0589. The zero-order chi connectivity index (χ0) is 14.9. The Labute approximate surface area is 125 Å². The van der Waals surface area contributed by atoms with Gasteiger partial charge in [-0.1, -0.05) is 12.8 Å². The summed E-state index contributed by atoms with van der Waals surface area (Å²) in [4.78, 5) is 2.25. The van der Waals surface area contributed by atoms with E-state index in [1.807, 2.05) is 13.8 Å². The molecular weight excluding hydrogens is 294 g/mol. The van der Waals surface area contributed by atoms with Gasteiger partial charge in [-0.3, -0.25) is 0 Å². The summed E-state index contributed by atoms with van der Waals surface area (Å²) in [5.41, 5.74) is 0. The van der Waals surface area contributed by atoms with Gasteiger partial charge in [0.15, 0.2) is 0 Å². The molecule has 6 heteroatoms. The normalized spacial score (nSPS) is 24.2. The van der Waals surface area contributed by atoms with Crippen molar-refractivity contribution in [2.45, 2.75) is 50.5 Å².